The van der Waals surface area contributed by atoms with Gasteiger partial charge in [-0.3, -0.25) is 28.9 Å². The van der Waals surface area contributed by atoms with E-state index >= 15 is 13.6 Å². The maximum atomic E-state index is 17.7. The molecule has 14 nitrogen and oxygen atoms in total. The lowest BCUT2D eigenvalue weighted by Gasteiger charge is -2.42. The molecule has 1 saturated heterocycles. The number of alkyl halides is 3. The minimum atomic E-state index is -4.55. The summed E-state index contributed by atoms with van der Waals surface area (Å²) in [5.74, 6) is -5.64. The zero-order valence-corrected chi connectivity index (χ0v) is 35.0. The van der Waals surface area contributed by atoms with Gasteiger partial charge in [-0.1, -0.05) is 51.1 Å². The van der Waals surface area contributed by atoms with Crippen LogP contribution in [0.2, 0.25) is 0 Å². The summed E-state index contributed by atoms with van der Waals surface area (Å²) in [5.41, 5.74) is -4.65. The number of pyridine rings is 1. The Bertz CT molecular complexity index is 2120. The number of sulfonamides is 1. The molecule has 3 heterocycles. The average Bonchev–Trinajstić information content (AvgIpc) is 4.09. The van der Waals surface area contributed by atoms with E-state index in [1.807, 2.05) is 11.6 Å². The van der Waals surface area contributed by atoms with Crippen molar-refractivity contribution in [1.82, 2.24) is 24.8 Å². The normalized spacial score (nSPS) is 31.3. The van der Waals surface area contributed by atoms with E-state index in [9.17, 15) is 32.3 Å². The molecule has 0 bridgehead atoms. The second-order valence-electron chi connectivity index (χ2n) is 17.0. The van der Waals surface area contributed by atoms with Gasteiger partial charge in [0.2, 0.25) is 27.7 Å². The summed E-state index contributed by atoms with van der Waals surface area (Å²) in [7, 11) is -4.55. The monoisotopic (exact) mass is 849 g/mol. The van der Waals surface area contributed by atoms with Crippen molar-refractivity contribution in [3.8, 4) is 11.8 Å². The molecule has 59 heavy (non-hydrogen) atoms. The lowest BCUT2D eigenvalue weighted by molar-refractivity contribution is -0.219. The van der Waals surface area contributed by atoms with Gasteiger partial charge in [0.05, 0.1) is 6.61 Å². The Morgan fingerprint density at radius 2 is 1.85 bits per heavy atom. The van der Waals surface area contributed by atoms with Crippen LogP contribution in [0.25, 0.3) is 10.8 Å². The van der Waals surface area contributed by atoms with Gasteiger partial charge in [0.25, 0.3) is 11.8 Å². The third kappa shape index (κ3) is 7.92. The number of hydrogen-bond acceptors (Lipinski definition) is 9. The first kappa shape index (κ1) is 44.0. The molecule has 2 aromatic rings. The quantitative estimate of drug-likeness (QED) is 0.181. The highest BCUT2D eigenvalue weighted by molar-refractivity contribution is 7.91. The molecule has 2 aliphatic heterocycles. The maximum Gasteiger partial charge on any atom is 0.408 e. The Morgan fingerprint density at radius 1 is 1.15 bits per heavy atom. The Kier molecular flexibility index (Phi) is 12.0. The smallest absolute Gasteiger partial charge is 0.408 e. The van der Waals surface area contributed by atoms with Crippen molar-refractivity contribution < 1.29 is 55.3 Å². The molecule has 3 N–H and O–H groups in total. The van der Waals surface area contributed by atoms with E-state index in [-0.39, 0.29) is 61.3 Å². The number of hydrogen-bond donors (Lipinski definition) is 3. The molecule has 1 aromatic heterocycles. The highest BCUT2D eigenvalue weighted by Gasteiger charge is 2.71. The Balaban J connectivity index is 1.49. The van der Waals surface area contributed by atoms with Crippen molar-refractivity contribution in [2.75, 3.05) is 13.3 Å². The van der Waals surface area contributed by atoms with Crippen LogP contribution in [0, 0.1) is 17.8 Å². The number of rotatable bonds is 11. The van der Waals surface area contributed by atoms with E-state index in [0.717, 1.165) is 11.8 Å². The number of nitrogens with zero attached hydrogens (tertiary/aromatic N) is 3. The van der Waals surface area contributed by atoms with Crippen molar-refractivity contribution in [2.24, 2.45) is 17.8 Å². The first-order valence-electron chi connectivity index (χ1n) is 20.3. The van der Waals surface area contributed by atoms with Crippen LogP contribution in [0.4, 0.5) is 18.0 Å². The molecule has 1 aromatic carbocycles. The summed E-state index contributed by atoms with van der Waals surface area (Å²) in [4.78, 5) is 62.1. The number of fused-ring (bicyclic) bond motifs is 3. The van der Waals surface area contributed by atoms with Gasteiger partial charge in [0, 0.05) is 29.8 Å². The zero-order valence-electron chi connectivity index (χ0n) is 34.2. The maximum absolute atomic E-state index is 17.7. The molecule has 0 radical (unpaired) electrons. The summed E-state index contributed by atoms with van der Waals surface area (Å²) < 4.78 is 87.7. The highest BCUT2D eigenvalue weighted by Crippen LogP contribution is 2.51. The number of aromatic nitrogens is 1. The topological polar surface area (TPSA) is 185 Å². The van der Waals surface area contributed by atoms with Crippen LogP contribution in [-0.2, 0) is 24.4 Å². The third-order valence-corrected chi connectivity index (χ3v) is 14.7. The molecule has 2 saturated carbocycles. The first-order valence-corrected chi connectivity index (χ1v) is 21.7. The number of carbonyl (C=O) groups is 4. The van der Waals surface area contributed by atoms with Gasteiger partial charge < -0.3 is 19.9 Å². The second kappa shape index (κ2) is 16.1. The molecule has 18 heteroatoms. The summed E-state index contributed by atoms with van der Waals surface area (Å²) in [6, 6.07) is -0.589. The van der Waals surface area contributed by atoms with Crippen molar-refractivity contribution in [1.29, 1.82) is 0 Å². The van der Waals surface area contributed by atoms with E-state index in [2.05, 4.69) is 10.3 Å². The molecule has 4 aliphatic rings. The van der Waals surface area contributed by atoms with Gasteiger partial charge in [0.15, 0.2) is 5.60 Å². The van der Waals surface area contributed by atoms with Gasteiger partial charge in [-0.25, -0.2) is 17.6 Å². The predicted octanol–water partition coefficient (Wildman–Crippen LogP) is 5.95. The Labute approximate surface area is 342 Å². The van der Waals surface area contributed by atoms with Crippen LogP contribution in [-0.4, -0.2) is 105 Å². The van der Waals surface area contributed by atoms with Gasteiger partial charge >= 0.3 is 12.1 Å². The molecular weight excluding hydrogens is 796 g/mol. The number of nitrogens with one attached hydrogen (secondary N) is 2. The van der Waals surface area contributed by atoms with Crippen LogP contribution < -0.4 is 19.5 Å². The molecule has 2 aliphatic carbocycles. The molecule has 8 atom stereocenters. The number of allylic oxidation sites excluding steroid dienone is 1. The zero-order chi connectivity index (χ0) is 43.3. The number of amides is 4. The van der Waals surface area contributed by atoms with Crippen molar-refractivity contribution in [3.63, 3.8) is 0 Å². The van der Waals surface area contributed by atoms with Crippen molar-refractivity contribution >= 4 is 44.6 Å². The molecule has 324 valence electrons. The van der Waals surface area contributed by atoms with E-state index in [0.29, 0.717) is 23.6 Å². The van der Waals surface area contributed by atoms with Crippen LogP contribution in [0.5, 0.6) is 11.8 Å². The number of halogens is 3. The predicted molar refractivity (Wildman–Crippen MR) is 211 cm³/mol. The van der Waals surface area contributed by atoms with Crippen LogP contribution in [0.15, 0.2) is 42.5 Å². The summed E-state index contributed by atoms with van der Waals surface area (Å²) in [6.07, 6.45) is 2.45. The summed E-state index contributed by atoms with van der Waals surface area (Å²) in [5, 5.41) is 14.0. The van der Waals surface area contributed by atoms with Gasteiger partial charge in [-0.15, -0.1) is 0 Å². The lowest BCUT2D eigenvalue weighted by Crippen LogP contribution is -2.64. The van der Waals surface area contributed by atoms with E-state index in [4.69, 9.17) is 9.47 Å². The summed E-state index contributed by atoms with van der Waals surface area (Å²) in [6.45, 7) is 8.49. The van der Waals surface area contributed by atoms with E-state index in [1.54, 1.807) is 70.2 Å². The van der Waals surface area contributed by atoms with Crippen molar-refractivity contribution in [3.05, 3.63) is 42.5 Å². The van der Waals surface area contributed by atoms with Gasteiger partial charge in [0.1, 0.15) is 29.0 Å². The lowest BCUT2D eigenvalue weighted by atomic mass is 9.86. The van der Waals surface area contributed by atoms with E-state index < -0.39 is 98.8 Å². The molecular formula is C41H54F3N5O9S. The first-order chi connectivity index (χ1) is 27.7. The second-order valence-corrected chi connectivity index (χ2v) is 19.0. The molecule has 1 unspecified atom stereocenters. The number of benzene rings is 1. The van der Waals surface area contributed by atoms with Crippen LogP contribution in [0.3, 0.4) is 0 Å². The Hall–Kier alpha value is -4.61. The highest BCUT2D eigenvalue weighted by atomic mass is 32.2. The Morgan fingerprint density at radius 3 is 2.47 bits per heavy atom. The molecule has 4 amide bonds. The van der Waals surface area contributed by atoms with Gasteiger partial charge in [-0.05, 0) is 89.0 Å². The van der Waals surface area contributed by atoms with Crippen LogP contribution >= 0.6 is 0 Å². The van der Waals surface area contributed by atoms with Crippen LogP contribution in [0.1, 0.15) is 92.9 Å². The molecule has 6 rings (SSSR count). The fourth-order valence-electron chi connectivity index (χ4n) is 8.59. The number of ether oxygens (including phenoxy) is 2. The summed E-state index contributed by atoms with van der Waals surface area (Å²) >= 11 is 0. The fourth-order valence-corrected chi connectivity index (χ4v) is 10.0. The number of carboxylic acid groups (broad SMARTS) is 1. The number of carbonyl (C=O) groups excluding carboxylic acids is 3. The van der Waals surface area contributed by atoms with Gasteiger partial charge in [-0.2, -0.15) is 13.8 Å². The average molecular weight is 850 g/mol. The largest absolute Gasteiger partial charge is 0.478 e. The minimum Gasteiger partial charge on any atom is -0.478 e. The fraction of sp³-hybridized carbons (Fsp3) is 0.634. The van der Waals surface area contributed by atoms with E-state index in [1.165, 1.54) is 0 Å². The standard InChI is InChI=1S/C41H54F3N5O9S/c1-7-26(5)48(37(53)54)32-25(4)19-24(3)13-9-11-15-28-21-40(28,36(52)47-59(55,56)39(23-42)17-18-39)46-33(50)30-22-38(6,41(43,44)49(30)35(32)51)58-34-29-16-12-10-14-27(29)20-31(45-34)57-8-2/h10-12,14-16,20,24-26,28,30,32H,7-9,13,17-19,21-23H2,1-6H3,(H,46,50)(H,47,52)(H,53,54)/b15-11-/t24-,25-,26?,28-,30+,32+,38-,40-/m1/s1. The van der Waals surface area contributed by atoms with Crippen molar-refractivity contribution in [2.45, 2.75) is 133 Å². The SMILES string of the molecule is CCOc1cc2ccccc2c(O[C@]2(C)C[C@H]3C(=O)N[C@]4(C(=O)NS(=O)(=O)C5(CF)CC5)C[C@H]4/C=C\CC[C@@H](C)C[C@@H](C)[C@H](N(C(=O)O)C(C)CC)C(=O)N3C2(F)F)n1. The third-order valence-electron chi connectivity index (χ3n) is 12.6. The molecule has 0 spiro atoms. The molecule has 3 fully saturated rings. The minimum absolute atomic E-state index is 0.0129.